The molecule has 1 atom stereocenters. The predicted molar refractivity (Wildman–Crippen MR) is 123 cm³/mol. The van der Waals surface area contributed by atoms with Crippen LogP contribution in [-0.4, -0.2) is 58.0 Å². The van der Waals surface area contributed by atoms with Crippen LogP contribution in [0.25, 0.3) is 10.9 Å². The highest BCUT2D eigenvalue weighted by molar-refractivity contribution is 6.31. The molecule has 1 unspecified atom stereocenters. The molecule has 168 valence electrons. The smallest absolute Gasteiger partial charge is 0.268 e. The van der Waals surface area contributed by atoms with Gasteiger partial charge in [-0.1, -0.05) is 18.2 Å². The van der Waals surface area contributed by atoms with Crippen molar-refractivity contribution in [3.63, 3.8) is 0 Å². The lowest BCUT2D eigenvalue weighted by atomic mass is 9.94. The average molecular weight is 445 g/mol. The van der Waals surface area contributed by atoms with Gasteiger partial charge in [-0.25, -0.2) is 5.01 Å². The van der Waals surface area contributed by atoms with Crippen molar-refractivity contribution < 1.29 is 19.1 Å². The third-order valence-corrected chi connectivity index (χ3v) is 5.90. The molecule has 2 N–H and O–H groups in total. The molecule has 33 heavy (non-hydrogen) atoms. The number of aromatic nitrogens is 1. The quantitative estimate of drug-likeness (QED) is 0.588. The summed E-state index contributed by atoms with van der Waals surface area (Å²) in [6, 6.07) is 14.2. The minimum atomic E-state index is -0.635. The van der Waals surface area contributed by atoms with E-state index in [4.69, 9.17) is 4.74 Å². The van der Waals surface area contributed by atoms with E-state index in [0.29, 0.717) is 31.0 Å². The first-order chi connectivity index (χ1) is 16.0. The van der Waals surface area contributed by atoms with Gasteiger partial charge >= 0.3 is 0 Å². The number of H-pyrrole nitrogens is 1. The van der Waals surface area contributed by atoms with E-state index in [9.17, 15) is 14.4 Å². The summed E-state index contributed by atoms with van der Waals surface area (Å²) in [6.07, 6.45) is 1.44. The van der Waals surface area contributed by atoms with E-state index >= 15 is 0 Å². The van der Waals surface area contributed by atoms with Crippen molar-refractivity contribution >= 4 is 40.5 Å². The zero-order valence-electron chi connectivity index (χ0n) is 18.1. The fourth-order valence-electron chi connectivity index (χ4n) is 4.36. The van der Waals surface area contributed by atoms with Gasteiger partial charge in [-0.05, 0) is 42.8 Å². The molecule has 0 spiro atoms. The first-order valence-corrected chi connectivity index (χ1v) is 10.8. The van der Waals surface area contributed by atoms with Gasteiger partial charge in [0.1, 0.15) is 24.6 Å². The fourth-order valence-corrected chi connectivity index (χ4v) is 4.36. The van der Waals surface area contributed by atoms with Gasteiger partial charge in [-0.3, -0.25) is 14.4 Å². The van der Waals surface area contributed by atoms with Crippen LogP contribution in [0.1, 0.15) is 18.2 Å². The van der Waals surface area contributed by atoms with Gasteiger partial charge in [-0.15, -0.1) is 0 Å². The van der Waals surface area contributed by atoms with Crippen LogP contribution in [0.5, 0.6) is 5.75 Å². The molecular weight excluding hydrogens is 422 g/mol. The van der Waals surface area contributed by atoms with Crippen molar-refractivity contribution in [3.8, 4) is 5.75 Å². The van der Waals surface area contributed by atoms with Crippen LogP contribution in [0, 0.1) is 0 Å². The maximum absolute atomic E-state index is 13.1. The van der Waals surface area contributed by atoms with Gasteiger partial charge in [0.05, 0.1) is 13.2 Å². The molecule has 2 aliphatic rings. The molecule has 2 aromatic carbocycles. The normalized spacial score (nSPS) is 17.9. The lowest BCUT2D eigenvalue weighted by molar-refractivity contribution is -0.157. The summed E-state index contributed by atoms with van der Waals surface area (Å²) in [5.74, 6) is -0.287. The number of anilines is 1. The third-order valence-electron chi connectivity index (χ3n) is 5.90. The van der Waals surface area contributed by atoms with Crippen molar-refractivity contribution in [1.29, 1.82) is 0 Å². The highest BCUT2D eigenvalue weighted by Crippen LogP contribution is 2.32. The molecule has 9 heteroatoms. The molecule has 0 radical (unpaired) electrons. The van der Waals surface area contributed by atoms with Crippen LogP contribution in [0.15, 0.2) is 53.6 Å². The number of carbonyl (C=O) groups excluding carboxylic acids is 3. The maximum Gasteiger partial charge on any atom is 0.268 e. The fraction of sp³-hybridized carbons (Fsp3) is 0.250. The predicted octanol–water partition coefficient (Wildman–Crippen LogP) is 2.29. The van der Waals surface area contributed by atoms with E-state index in [1.54, 1.807) is 29.2 Å². The second kappa shape index (κ2) is 8.42. The van der Waals surface area contributed by atoms with Gasteiger partial charge in [-0.2, -0.15) is 5.10 Å². The Kier molecular flexibility index (Phi) is 5.29. The topological polar surface area (TPSA) is 107 Å². The van der Waals surface area contributed by atoms with Gasteiger partial charge < -0.3 is 19.9 Å². The molecule has 5 rings (SSSR count). The van der Waals surface area contributed by atoms with E-state index < -0.39 is 11.9 Å². The number of carbonyl (C=O) groups is 3. The maximum atomic E-state index is 13.1. The lowest BCUT2D eigenvalue weighted by Gasteiger charge is -2.40. The first-order valence-electron chi connectivity index (χ1n) is 10.8. The number of amides is 3. The van der Waals surface area contributed by atoms with Crippen LogP contribution in [0.2, 0.25) is 0 Å². The molecule has 1 fully saturated rings. The molecule has 0 saturated carbocycles. The van der Waals surface area contributed by atoms with Crippen molar-refractivity contribution in [2.24, 2.45) is 5.10 Å². The Morgan fingerprint density at radius 2 is 1.97 bits per heavy atom. The van der Waals surface area contributed by atoms with Crippen LogP contribution >= 0.6 is 0 Å². The number of fused-ring (bicyclic) bond motifs is 4. The van der Waals surface area contributed by atoms with Crippen molar-refractivity contribution in [3.05, 3.63) is 59.8 Å². The summed E-state index contributed by atoms with van der Waals surface area (Å²) in [5.41, 5.74) is 3.57. The van der Waals surface area contributed by atoms with Crippen LogP contribution in [0.3, 0.4) is 0 Å². The SMILES string of the molecule is CCOc1ccc(NC(=O)C=NN2CC(=O)N3Cc4[nH]c5ccccc5c4CC3C2=O)cc1. The van der Waals surface area contributed by atoms with E-state index in [0.717, 1.165) is 33.4 Å². The van der Waals surface area contributed by atoms with Crippen molar-refractivity contribution in [2.75, 3.05) is 18.5 Å². The molecule has 0 bridgehead atoms. The highest BCUT2D eigenvalue weighted by Gasteiger charge is 2.43. The van der Waals surface area contributed by atoms with Gasteiger partial charge in [0, 0.05) is 28.7 Å². The summed E-state index contributed by atoms with van der Waals surface area (Å²) in [6.45, 7) is 2.61. The summed E-state index contributed by atoms with van der Waals surface area (Å²) in [4.78, 5) is 43.1. The second-order valence-corrected chi connectivity index (χ2v) is 7.96. The van der Waals surface area contributed by atoms with Crippen molar-refractivity contribution in [2.45, 2.75) is 25.9 Å². The van der Waals surface area contributed by atoms with E-state index in [2.05, 4.69) is 15.4 Å². The molecule has 9 nitrogen and oxygen atoms in total. The second-order valence-electron chi connectivity index (χ2n) is 7.96. The van der Waals surface area contributed by atoms with E-state index in [1.807, 2.05) is 31.2 Å². The largest absolute Gasteiger partial charge is 0.494 e. The Morgan fingerprint density at radius 3 is 2.76 bits per heavy atom. The molecule has 0 aliphatic carbocycles. The molecule has 3 aromatic rings. The average Bonchev–Trinajstić information content (AvgIpc) is 3.19. The molecule has 3 heterocycles. The van der Waals surface area contributed by atoms with E-state index in [-0.39, 0.29) is 18.4 Å². The summed E-state index contributed by atoms with van der Waals surface area (Å²) in [5, 5.41) is 8.85. The van der Waals surface area contributed by atoms with Crippen molar-refractivity contribution in [1.82, 2.24) is 14.9 Å². The third kappa shape index (κ3) is 3.93. The minimum absolute atomic E-state index is 0.197. The Labute approximate surface area is 190 Å². The summed E-state index contributed by atoms with van der Waals surface area (Å²) < 4.78 is 5.38. The Balaban J connectivity index is 1.29. The molecule has 2 aliphatic heterocycles. The number of para-hydroxylation sites is 1. The molecule has 1 saturated heterocycles. The number of benzene rings is 2. The number of hydrogen-bond donors (Lipinski definition) is 2. The monoisotopic (exact) mass is 445 g/mol. The number of nitrogens with zero attached hydrogens (tertiary/aromatic N) is 3. The number of nitrogens with one attached hydrogen (secondary N) is 2. The number of hydrazone groups is 1. The molecular formula is C24H23N5O4. The van der Waals surface area contributed by atoms with Crippen LogP contribution < -0.4 is 10.1 Å². The Bertz CT molecular complexity index is 1260. The highest BCUT2D eigenvalue weighted by atomic mass is 16.5. The zero-order valence-corrected chi connectivity index (χ0v) is 18.1. The number of hydrogen-bond acceptors (Lipinski definition) is 5. The Hall–Kier alpha value is -4.14. The summed E-state index contributed by atoms with van der Waals surface area (Å²) in [7, 11) is 0. The standard InChI is InChI=1S/C24H23N5O4/c1-2-33-16-9-7-15(8-10-16)26-22(30)12-25-29-14-23(31)28-13-20-18(11-21(28)24(29)32)17-5-3-4-6-19(17)27-20/h3-10,12,21,27H,2,11,13-14H2,1H3,(H,26,30). The van der Waals surface area contributed by atoms with Gasteiger partial charge in [0.25, 0.3) is 11.8 Å². The van der Waals surface area contributed by atoms with Gasteiger partial charge in [0.15, 0.2) is 0 Å². The molecule has 1 aromatic heterocycles. The number of ether oxygens (including phenoxy) is 1. The van der Waals surface area contributed by atoms with Crippen LogP contribution in [0.4, 0.5) is 5.69 Å². The number of piperazine rings is 1. The summed E-state index contributed by atoms with van der Waals surface area (Å²) >= 11 is 0. The van der Waals surface area contributed by atoms with E-state index in [1.165, 1.54) is 0 Å². The number of aromatic amines is 1. The van der Waals surface area contributed by atoms with Gasteiger partial charge in [0.2, 0.25) is 5.91 Å². The zero-order chi connectivity index (χ0) is 22.9. The lowest BCUT2D eigenvalue weighted by Crippen LogP contribution is -2.60. The Morgan fingerprint density at radius 1 is 1.18 bits per heavy atom. The first kappa shape index (κ1) is 20.7. The molecule has 3 amide bonds. The van der Waals surface area contributed by atoms with Crippen LogP contribution in [-0.2, 0) is 27.3 Å². The number of rotatable bonds is 5. The minimum Gasteiger partial charge on any atom is -0.494 e.